The lowest BCUT2D eigenvalue weighted by Crippen LogP contribution is -2.69. The Morgan fingerprint density at radius 3 is 0.588 bits per heavy atom. The fourth-order valence-electron chi connectivity index (χ4n) is 12.8. The molecule has 0 radical (unpaired) electrons. The number of hydrogen-bond acceptors (Lipinski definition) is 41. The Bertz CT molecular complexity index is 2610. The molecular weight excluding hydrogens is 1350 g/mol. The van der Waals surface area contributed by atoms with Gasteiger partial charge >= 0.3 is 5.97 Å². The maximum absolute atomic E-state index is 11.9. The number of aliphatic hydroxyl groups excluding tert-OH is 23. The minimum absolute atomic E-state index is 0.0991. The molecule has 42 heteroatoms. The SMILES string of the molecule is O=C(O)c1ccc(SC[C@H]2O[C@@H]3O[C@H]4[C@H](O)[C@@H](O)[C@@H](O[C@H]5[C@H](O)[C@@H](O)[C@@H](O[C@H]6[C@H](O)[C@@H](O)[C@@H](O[C@H]7[C@H](O)[C@@H](O)[C@@H](O[C@H]8[C@H](O)[C@H](O)[C@@H](O[C@H]9[C@H](O)[C@@H](O)[C@@H](O[C@H]%10[C@H](O)[C@H](O)[C@@H](O[C@H]2[C@H](O)[C@H]3O)O[C@@H]%10CO)O[C@@H]9CO)O[C@@H]8CO)O[C@@H]7CO)O[C@H]6CO)O[C@H]5CO)O[C@H]4CO)cc1. The highest BCUT2D eigenvalue weighted by Crippen LogP contribution is 2.41. The van der Waals surface area contributed by atoms with Crippen molar-refractivity contribution in [2.75, 3.05) is 52.0 Å². The molecule has 30 fully saturated rings. The van der Waals surface area contributed by atoms with E-state index in [1.807, 2.05) is 0 Å². The van der Waals surface area contributed by atoms with Gasteiger partial charge in [-0.15, -0.1) is 11.8 Å². The average molecular weight is 1430 g/mol. The van der Waals surface area contributed by atoms with Crippen molar-refractivity contribution in [2.24, 2.45) is 0 Å². The summed E-state index contributed by atoms with van der Waals surface area (Å²) in [4.78, 5) is 12.0. The van der Waals surface area contributed by atoms with Crippen LogP contribution in [0.5, 0.6) is 0 Å². The van der Waals surface area contributed by atoms with E-state index >= 15 is 0 Å². The number of benzene rings is 1. The van der Waals surface area contributed by atoms with Gasteiger partial charge in [0.1, 0.15) is 189 Å². The molecule has 1 aromatic carbocycles. The van der Waals surface area contributed by atoms with E-state index in [1.54, 1.807) is 0 Å². The first-order valence-electron chi connectivity index (χ1n) is 30.8. The van der Waals surface area contributed by atoms with Gasteiger partial charge in [0, 0.05) is 10.6 Å². The number of thioether (sulfide) groups is 1. The molecule has 30 aliphatic rings. The third-order valence-corrected chi connectivity index (χ3v) is 19.3. The molecule has 0 aliphatic carbocycles. The summed E-state index contributed by atoms with van der Waals surface area (Å²) in [5.74, 6) is -1.58. The summed E-state index contributed by atoms with van der Waals surface area (Å²) in [6, 6.07) is 5.32. The van der Waals surface area contributed by atoms with Crippen LogP contribution >= 0.6 is 11.8 Å². The Balaban J connectivity index is 0.931. The molecule has 30 heterocycles. The van der Waals surface area contributed by atoms with E-state index in [0.29, 0.717) is 4.90 Å². The Hall–Kier alpha value is -2.52. The van der Waals surface area contributed by atoms with Gasteiger partial charge < -0.3 is 198 Å². The molecule has 40 atom stereocenters. The first kappa shape index (κ1) is 77.1. The molecule has 97 heavy (non-hydrogen) atoms. The summed E-state index contributed by atoms with van der Waals surface area (Å²) in [6.07, 6.45) is -82.2. The predicted molar refractivity (Wildman–Crippen MR) is 298 cm³/mol. The summed E-state index contributed by atoms with van der Waals surface area (Å²) < 4.78 is 92.8. The summed E-state index contributed by atoms with van der Waals surface area (Å²) in [5, 5.41) is 268. The van der Waals surface area contributed by atoms with Crippen LogP contribution in [0.25, 0.3) is 0 Å². The quantitative estimate of drug-likeness (QED) is 0.0915. The van der Waals surface area contributed by atoms with Crippen LogP contribution in [0.15, 0.2) is 29.2 Å². The lowest BCUT2D eigenvalue weighted by atomic mass is 9.95. The van der Waals surface area contributed by atoms with E-state index in [-0.39, 0.29) is 11.3 Å². The van der Waals surface area contributed by atoms with Crippen LogP contribution in [-0.2, 0) is 75.8 Å². The van der Waals surface area contributed by atoms with Crippen molar-refractivity contribution in [1.82, 2.24) is 0 Å². The number of carboxylic acid groups (broad SMARTS) is 1. The average Bonchev–Trinajstić information content (AvgIpc) is 0.779. The van der Waals surface area contributed by atoms with Crippen LogP contribution in [0.3, 0.4) is 0 Å². The van der Waals surface area contributed by atoms with Crippen LogP contribution in [0.2, 0.25) is 0 Å². The Labute approximate surface area is 551 Å². The van der Waals surface area contributed by atoms with Crippen molar-refractivity contribution >= 4 is 17.7 Å². The zero-order valence-corrected chi connectivity index (χ0v) is 51.5. The number of carbonyl (C=O) groups is 1. The highest BCUT2D eigenvalue weighted by Gasteiger charge is 2.60. The van der Waals surface area contributed by atoms with Gasteiger partial charge in [0.25, 0.3) is 0 Å². The van der Waals surface area contributed by atoms with Crippen molar-refractivity contribution in [1.29, 1.82) is 0 Å². The number of hydrogen-bond donors (Lipinski definition) is 24. The Morgan fingerprint density at radius 1 is 0.258 bits per heavy atom. The molecule has 0 aromatic heterocycles. The van der Waals surface area contributed by atoms with Crippen molar-refractivity contribution in [3.8, 4) is 0 Å². The molecule has 24 N–H and O–H groups in total. The van der Waals surface area contributed by atoms with E-state index in [2.05, 4.69) is 0 Å². The third kappa shape index (κ3) is 15.8. The summed E-state index contributed by atoms with van der Waals surface area (Å²) in [6.45, 7) is -7.64. The van der Waals surface area contributed by atoms with Gasteiger partial charge in [-0.1, -0.05) is 0 Å². The zero-order chi connectivity index (χ0) is 70.3. The largest absolute Gasteiger partial charge is 0.478 e. The van der Waals surface area contributed by atoms with Crippen molar-refractivity contribution in [3.63, 3.8) is 0 Å². The second kappa shape index (κ2) is 33.1. The molecule has 0 amide bonds. The Morgan fingerprint density at radius 2 is 0.423 bits per heavy atom. The molecule has 30 saturated heterocycles. The van der Waals surface area contributed by atoms with Crippen LogP contribution in [0.1, 0.15) is 10.4 Å². The zero-order valence-electron chi connectivity index (χ0n) is 50.6. The number of aliphatic hydroxyl groups is 23. The van der Waals surface area contributed by atoms with Gasteiger partial charge in [-0.05, 0) is 24.3 Å². The van der Waals surface area contributed by atoms with Crippen LogP contribution in [0.4, 0.5) is 0 Å². The van der Waals surface area contributed by atoms with Crippen LogP contribution < -0.4 is 0 Å². The molecule has 0 unspecified atom stereocenters. The van der Waals surface area contributed by atoms with Gasteiger partial charge in [-0.25, -0.2) is 4.79 Å². The van der Waals surface area contributed by atoms with Gasteiger partial charge in [-0.2, -0.15) is 0 Å². The highest BCUT2D eigenvalue weighted by atomic mass is 32.2. The predicted octanol–water partition coefficient (Wildman–Crippen LogP) is -14.9. The van der Waals surface area contributed by atoms with Gasteiger partial charge in [0.15, 0.2) is 50.3 Å². The molecule has 556 valence electrons. The first-order valence-corrected chi connectivity index (χ1v) is 31.8. The number of rotatable bonds is 11. The monoisotopic (exact) mass is 1430 g/mol. The van der Waals surface area contributed by atoms with Crippen molar-refractivity contribution < 1.29 is 203 Å². The second-order valence-corrected chi connectivity index (χ2v) is 25.5. The fraction of sp³-hybridized carbons (Fsp3) is 0.873. The van der Waals surface area contributed by atoms with E-state index in [1.165, 1.54) is 24.3 Å². The molecule has 0 spiro atoms. The first-order chi connectivity index (χ1) is 46.2. The van der Waals surface area contributed by atoms with Crippen molar-refractivity contribution in [3.05, 3.63) is 29.8 Å². The fourth-order valence-corrected chi connectivity index (χ4v) is 13.7. The molecule has 1 aromatic rings. The van der Waals surface area contributed by atoms with E-state index in [4.69, 9.17) is 75.8 Å². The Kier molecular flexibility index (Phi) is 26.3. The van der Waals surface area contributed by atoms with Crippen LogP contribution in [0, 0.1) is 0 Å². The summed E-state index contributed by atoms with van der Waals surface area (Å²) in [7, 11) is 0. The molecule has 0 saturated carbocycles. The molecule has 16 bridgehead atoms. The minimum atomic E-state index is -2.27. The van der Waals surface area contributed by atoms with Gasteiger partial charge in [-0.3, -0.25) is 0 Å². The topological polar surface area (TPSA) is 650 Å². The second-order valence-electron chi connectivity index (χ2n) is 24.4. The van der Waals surface area contributed by atoms with Crippen molar-refractivity contribution in [2.45, 2.75) is 251 Å². The number of carboxylic acids is 1. The lowest BCUT2D eigenvalue weighted by molar-refractivity contribution is -0.403. The lowest BCUT2D eigenvalue weighted by Gasteiger charge is -2.50. The minimum Gasteiger partial charge on any atom is -0.478 e. The number of ether oxygens (including phenoxy) is 16. The maximum Gasteiger partial charge on any atom is 0.335 e. The van der Waals surface area contributed by atoms with Gasteiger partial charge in [0.05, 0.1) is 57.9 Å². The standard InChI is InChI=1S/C55H84O41S/c56-5-15-39-23(63)31(71)48(81-15)90-40-16(6-57)83-50(33(73)25(40)65)92-42-18(8-59)85-52(35(75)27(42)67)94-44-20(10-61)87-54(37(77)29(44)69)96-46-22(12-97-14-3-1-13(2-4-14)47(79)80)88-55(38(78)30(46)70)95-45-21(11-62)86-53(36(76)28(45)68)93-43-19(9-60)84-51(34(74)26(43)66)91-41-17(7-58)82-49(89-39)32(72)24(41)64/h1-4,15-46,48-78H,5-12H2,(H,79,80)/t15-,16-,17+,18-,19+,20-,21+,22-,23-,24-,25-,26-,27-,28-,29-,30-,31-,32-,33+,34-,35-,36-,37+,38-,39-,40-,41-,42-,43-,44-,45-,46-,48-,49-,50-,51-,52-,53-,54-,55-/m1/s1. The van der Waals surface area contributed by atoms with Gasteiger partial charge in [0.2, 0.25) is 0 Å². The smallest absolute Gasteiger partial charge is 0.335 e. The molecular formula is C55H84O41S. The molecule has 31 rings (SSSR count). The summed E-state index contributed by atoms with van der Waals surface area (Å²) >= 11 is 0.946. The van der Waals surface area contributed by atoms with E-state index in [0.717, 1.165) is 11.8 Å². The third-order valence-electron chi connectivity index (χ3n) is 18.2. The van der Waals surface area contributed by atoms with E-state index < -0.39 is 298 Å². The van der Waals surface area contributed by atoms with Crippen LogP contribution in [-0.4, -0.2) is 426 Å². The normalized spacial score (nSPS) is 51.2. The number of aromatic carboxylic acids is 1. The van der Waals surface area contributed by atoms with E-state index in [9.17, 15) is 127 Å². The summed E-state index contributed by atoms with van der Waals surface area (Å²) in [5.41, 5.74) is -0.0991. The maximum atomic E-state index is 11.9. The molecule has 41 nitrogen and oxygen atoms in total. The molecule has 30 aliphatic heterocycles. The highest BCUT2D eigenvalue weighted by molar-refractivity contribution is 7.99.